The molecule has 1 atom stereocenters. The van der Waals surface area contributed by atoms with Gasteiger partial charge in [-0.2, -0.15) is 0 Å². The minimum Gasteiger partial charge on any atom is -0.465 e. The first kappa shape index (κ1) is 17.3. The molecule has 0 amide bonds. The van der Waals surface area contributed by atoms with Crippen LogP contribution in [0.25, 0.3) is 0 Å². The maximum atomic E-state index is 11.5. The van der Waals surface area contributed by atoms with Gasteiger partial charge in [0.25, 0.3) is 0 Å². The number of hydrogen-bond donors (Lipinski definition) is 1. The summed E-state index contributed by atoms with van der Waals surface area (Å²) >= 11 is 0. The fraction of sp³-hybridized carbons (Fsp3) is 0.0870. The Kier molecular flexibility index (Phi) is 5.69. The topological polar surface area (TPSA) is 38.3 Å². The van der Waals surface area contributed by atoms with Crippen molar-refractivity contribution >= 4 is 11.7 Å². The van der Waals surface area contributed by atoms with Gasteiger partial charge in [0.1, 0.15) is 6.04 Å². The van der Waals surface area contributed by atoms with E-state index >= 15 is 0 Å². The first-order chi connectivity index (χ1) is 12.8. The van der Waals surface area contributed by atoms with Crippen molar-refractivity contribution in [3.63, 3.8) is 0 Å². The molecule has 3 aromatic rings. The third-order valence-electron chi connectivity index (χ3n) is 3.88. The summed E-state index contributed by atoms with van der Waals surface area (Å²) in [4.78, 5) is 11.5. The number of carbonyl (C=O) groups is 1. The highest BCUT2D eigenvalue weighted by Gasteiger charge is 2.08. The van der Waals surface area contributed by atoms with Gasteiger partial charge >= 0.3 is 5.97 Å². The van der Waals surface area contributed by atoms with E-state index in [1.807, 2.05) is 60.7 Å². The second-order valence-corrected chi connectivity index (χ2v) is 5.69. The number of rotatable bonds is 4. The highest BCUT2D eigenvalue weighted by molar-refractivity contribution is 5.89. The molecule has 0 heterocycles. The molecular formula is C23H19NO2. The van der Waals surface area contributed by atoms with Crippen molar-refractivity contribution in [2.75, 3.05) is 12.4 Å². The molecule has 3 nitrogen and oxygen atoms in total. The van der Waals surface area contributed by atoms with Crippen LogP contribution in [0, 0.1) is 11.8 Å². The number of benzene rings is 3. The molecule has 0 spiro atoms. The zero-order valence-electron chi connectivity index (χ0n) is 14.5. The van der Waals surface area contributed by atoms with E-state index in [1.165, 1.54) is 7.11 Å². The van der Waals surface area contributed by atoms with Crippen LogP contribution in [0.3, 0.4) is 0 Å². The van der Waals surface area contributed by atoms with Crippen molar-refractivity contribution in [3.8, 4) is 11.8 Å². The second kappa shape index (κ2) is 8.55. The van der Waals surface area contributed by atoms with Gasteiger partial charge in [-0.3, -0.25) is 0 Å². The molecule has 0 fully saturated rings. The third kappa shape index (κ3) is 4.52. The Bertz CT molecular complexity index is 907. The lowest BCUT2D eigenvalue weighted by atomic mass is 10.1. The number of anilines is 1. The highest BCUT2D eigenvalue weighted by atomic mass is 16.5. The van der Waals surface area contributed by atoms with Crippen molar-refractivity contribution in [2.24, 2.45) is 0 Å². The second-order valence-electron chi connectivity index (χ2n) is 5.69. The van der Waals surface area contributed by atoms with Gasteiger partial charge in [0, 0.05) is 11.3 Å². The summed E-state index contributed by atoms with van der Waals surface area (Å²) in [5.74, 6) is 6.12. The quantitative estimate of drug-likeness (QED) is 0.553. The summed E-state index contributed by atoms with van der Waals surface area (Å²) in [5.41, 5.74) is 3.46. The number of methoxy groups -OCH3 is 1. The zero-order chi connectivity index (χ0) is 18.2. The number of hydrogen-bond acceptors (Lipinski definition) is 3. The van der Waals surface area contributed by atoms with Crippen LogP contribution in [0.4, 0.5) is 5.69 Å². The van der Waals surface area contributed by atoms with Crippen LogP contribution >= 0.6 is 0 Å². The fourth-order valence-corrected chi connectivity index (χ4v) is 2.51. The van der Waals surface area contributed by atoms with Gasteiger partial charge in [-0.05, 0) is 42.0 Å². The van der Waals surface area contributed by atoms with Crippen LogP contribution < -0.4 is 5.32 Å². The fourth-order valence-electron chi connectivity index (χ4n) is 2.51. The lowest BCUT2D eigenvalue weighted by Crippen LogP contribution is -2.08. The van der Waals surface area contributed by atoms with Crippen LogP contribution in [-0.4, -0.2) is 13.1 Å². The molecule has 3 heteroatoms. The van der Waals surface area contributed by atoms with Crippen LogP contribution in [0.2, 0.25) is 0 Å². The molecule has 0 aromatic heterocycles. The molecule has 0 unspecified atom stereocenters. The third-order valence-corrected chi connectivity index (χ3v) is 3.88. The SMILES string of the molecule is COC(=O)c1ccc(C#C[C@H](Nc2ccccc2)c2ccccc2)cc1. The number of carbonyl (C=O) groups excluding carboxylic acids is 1. The van der Waals surface area contributed by atoms with Gasteiger partial charge in [0.2, 0.25) is 0 Å². The Hall–Kier alpha value is -3.51. The summed E-state index contributed by atoms with van der Waals surface area (Å²) in [6.07, 6.45) is 0. The summed E-state index contributed by atoms with van der Waals surface area (Å²) in [6, 6.07) is 27.0. The molecule has 0 bridgehead atoms. The first-order valence-electron chi connectivity index (χ1n) is 8.33. The Labute approximate surface area is 153 Å². The Morgan fingerprint density at radius 1 is 0.885 bits per heavy atom. The molecule has 3 rings (SSSR count). The van der Waals surface area contributed by atoms with E-state index in [-0.39, 0.29) is 12.0 Å². The van der Waals surface area contributed by atoms with Crippen molar-refractivity contribution < 1.29 is 9.53 Å². The molecule has 0 aliphatic carbocycles. The standard InChI is InChI=1S/C23H19NO2/c1-26-23(25)20-15-12-18(13-16-20)14-17-22(19-8-4-2-5-9-19)24-21-10-6-3-7-11-21/h2-13,15-16,22,24H,1H3/t22-/m0/s1. The van der Waals surface area contributed by atoms with Crippen LogP contribution in [0.1, 0.15) is 27.5 Å². The summed E-state index contributed by atoms with van der Waals surface area (Å²) in [6.45, 7) is 0. The van der Waals surface area contributed by atoms with Crippen LogP contribution in [0.15, 0.2) is 84.9 Å². The lowest BCUT2D eigenvalue weighted by molar-refractivity contribution is 0.0600. The van der Waals surface area contributed by atoms with E-state index in [0.29, 0.717) is 5.56 Å². The Morgan fingerprint density at radius 2 is 1.50 bits per heavy atom. The van der Waals surface area contributed by atoms with Gasteiger partial charge < -0.3 is 10.1 Å². The average molecular weight is 341 g/mol. The van der Waals surface area contributed by atoms with Crippen LogP contribution in [-0.2, 0) is 4.74 Å². The summed E-state index contributed by atoms with van der Waals surface area (Å²) in [5, 5.41) is 3.46. The molecule has 1 N–H and O–H groups in total. The van der Waals surface area contributed by atoms with Gasteiger partial charge in [-0.25, -0.2) is 4.79 Å². The van der Waals surface area contributed by atoms with Crippen LogP contribution in [0.5, 0.6) is 0 Å². The van der Waals surface area contributed by atoms with E-state index in [1.54, 1.807) is 12.1 Å². The highest BCUT2D eigenvalue weighted by Crippen LogP contribution is 2.19. The molecule has 26 heavy (non-hydrogen) atoms. The van der Waals surface area contributed by atoms with Crippen molar-refractivity contribution in [3.05, 3.63) is 102 Å². The van der Waals surface area contributed by atoms with Gasteiger partial charge in [-0.15, -0.1) is 0 Å². The van der Waals surface area contributed by atoms with Gasteiger partial charge in [-0.1, -0.05) is 60.4 Å². The molecule has 0 aliphatic rings. The Balaban J connectivity index is 1.84. The van der Waals surface area contributed by atoms with Gasteiger partial charge in [0.05, 0.1) is 12.7 Å². The maximum Gasteiger partial charge on any atom is 0.337 e. The molecule has 128 valence electrons. The van der Waals surface area contributed by atoms with E-state index < -0.39 is 0 Å². The average Bonchev–Trinajstić information content (AvgIpc) is 2.72. The first-order valence-corrected chi connectivity index (χ1v) is 8.33. The molecular weight excluding hydrogens is 322 g/mol. The zero-order valence-corrected chi connectivity index (χ0v) is 14.5. The number of para-hydroxylation sites is 1. The number of esters is 1. The minimum absolute atomic E-state index is 0.140. The maximum absolute atomic E-state index is 11.5. The van der Waals surface area contributed by atoms with Crippen molar-refractivity contribution in [1.82, 2.24) is 0 Å². The normalized spacial score (nSPS) is 11.0. The predicted molar refractivity (Wildman–Crippen MR) is 104 cm³/mol. The van der Waals surface area contributed by atoms with E-state index in [4.69, 9.17) is 4.74 Å². The summed E-state index contributed by atoms with van der Waals surface area (Å²) in [7, 11) is 1.37. The van der Waals surface area contributed by atoms with E-state index in [9.17, 15) is 4.79 Å². The lowest BCUT2D eigenvalue weighted by Gasteiger charge is -2.15. The van der Waals surface area contributed by atoms with Crippen molar-refractivity contribution in [2.45, 2.75) is 6.04 Å². The molecule has 0 radical (unpaired) electrons. The number of nitrogens with one attached hydrogen (secondary N) is 1. The van der Waals surface area contributed by atoms with E-state index in [0.717, 1.165) is 16.8 Å². The number of ether oxygens (including phenoxy) is 1. The summed E-state index contributed by atoms with van der Waals surface area (Å²) < 4.78 is 4.71. The smallest absolute Gasteiger partial charge is 0.337 e. The molecule has 0 aliphatic heterocycles. The van der Waals surface area contributed by atoms with Crippen molar-refractivity contribution in [1.29, 1.82) is 0 Å². The Morgan fingerprint density at radius 3 is 2.12 bits per heavy atom. The molecule has 0 saturated heterocycles. The van der Waals surface area contributed by atoms with E-state index in [2.05, 4.69) is 29.3 Å². The monoisotopic (exact) mass is 341 g/mol. The molecule has 0 saturated carbocycles. The largest absolute Gasteiger partial charge is 0.465 e. The minimum atomic E-state index is -0.350. The van der Waals surface area contributed by atoms with Gasteiger partial charge in [0.15, 0.2) is 0 Å². The predicted octanol–water partition coefficient (Wildman–Crippen LogP) is 4.68. The molecule has 3 aromatic carbocycles.